The van der Waals surface area contributed by atoms with Gasteiger partial charge in [-0.05, 0) is 48.0 Å². The zero-order valence-electron chi connectivity index (χ0n) is 14.5. The van der Waals surface area contributed by atoms with Crippen LogP contribution in [0.15, 0.2) is 81.7 Å². The van der Waals surface area contributed by atoms with E-state index in [0.717, 1.165) is 4.47 Å². The third-order valence-electron chi connectivity index (χ3n) is 3.79. The lowest BCUT2D eigenvalue weighted by Gasteiger charge is -2.13. The largest absolute Gasteiger partial charge is 0.322 e. The Kier molecular flexibility index (Phi) is 6.53. The van der Waals surface area contributed by atoms with Crippen LogP contribution in [-0.4, -0.2) is 14.3 Å². The summed E-state index contributed by atoms with van der Waals surface area (Å²) in [7, 11) is -3.69. The summed E-state index contributed by atoms with van der Waals surface area (Å²) in [6, 6.07) is 20.8. The molecule has 0 unspecified atom stereocenters. The van der Waals surface area contributed by atoms with Gasteiger partial charge in [0.2, 0.25) is 10.0 Å². The molecule has 28 heavy (non-hydrogen) atoms. The first-order chi connectivity index (χ1) is 13.3. The van der Waals surface area contributed by atoms with E-state index in [0.29, 0.717) is 15.7 Å². The smallest absolute Gasteiger partial charge is 0.257 e. The molecule has 5 nitrogen and oxygen atoms in total. The van der Waals surface area contributed by atoms with Crippen LogP contribution in [0.25, 0.3) is 0 Å². The Bertz CT molecular complexity index is 1090. The number of halogens is 2. The van der Waals surface area contributed by atoms with Crippen molar-refractivity contribution in [2.24, 2.45) is 0 Å². The summed E-state index contributed by atoms with van der Waals surface area (Å²) < 4.78 is 29.2. The molecule has 0 atom stereocenters. The van der Waals surface area contributed by atoms with Crippen LogP contribution in [0.4, 0.5) is 11.4 Å². The topological polar surface area (TPSA) is 75.3 Å². The van der Waals surface area contributed by atoms with Crippen molar-refractivity contribution in [3.05, 3.63) is 92.9 Å². The Labute approximate surface area is 180 Å². The predicted molar refractivity (Wildman–Crippen MR) is 119 cm³/mol. The molecule has 0 heterocycles. The highest BCUT2D eigenvalue weighted by Gasteiger charge is 2.18. The number of anilines is 2. The fourth-order valence-electron chi connectivity index (χ4n) is 2.52. The molecular weight excluding hydrogens is 508 g/mol. The average molecular weight is 524 g/mol. The number of carbonyl (C=O) groups excluding carboxylic acids is 1. The lowest BCUT2D eigenvalue weighted by Crippen LogP contribution is -2.19. The molecule has 2 N–H and O–H groups in total. The van der Waals surface area contributed by atoms with Crippen molar-refractivity contribution in [2.45, 2.75) is 5.75 Å². The number of rotatable bonds is 6. The van der Waals surface area contributed by atoms with Crippen LogP contribution in [-0.2, 0) is 15.8 Å². The molecule has 0 saturated carbocycles. The Morgan fingerprint density at radius 3 is 2.18 bits per heavy atom. The monoisotopic (exact) mass is 522 g/mol. The number of amides is 1. The maximum atomic E-state index is 12.7. The number of hydrogen-bond acceptors (Lipinski definition) is 3. The fraction of sp³-hybridized carbons (Fsp3) is 0.0500. The van der Waals surface area contributed by atoms with E-state index in [9.17, 15) is 13.2 Å². The molecule has 0 aliphatic heterocycles. The highest BCUT2D eigenvalue weighted by molar-refractivity contribution is 9.10. The van der Waals surface area contributed by atoms with Crippen molar-refractivity contribution < 1.29 is 13.2 Å². The molecule has 0 aliphatic rings. The summed E-state index contributed by atoms with van der Waals surface area (Å²) in [5.74, 6) is -0.599. The van der Waals surface area contributed by atoms with Crippen LogP contribution in [0.5, 0.6) is 0 Å². The summed E-state index contributed by atoms with van der Waals surface area (Å²) in [4.78, 5) is 12.7. The number of nitrogens with one attached hydrogen (secondary N) is 2. The van der Waals surface area contributed by atoms with Crippen molar-refractivity contribution >= 4 is 59.2 Å². The van der Waals surface area contributed by atoms with Crippen LogP contribution in [0.2, 0.25) is 0 Å². The Morgan fingerprint density at radius 1 is 0.857 bits per heavy atom. The molecule has 3 rings (SSSR count). The second-order valence-electron chi connectivity index (χ2n) is 6.00. The Morgan fingerprint density at radius 2 is 1.50 bits per heavy atom. The van der Waals surface area contributed by atoms with Gasteiger partial charge in [0.1, 0.15) is 0 Å². The second-order valence-corrected chi connectivity index (χ2v) is 9.55. The summed E-state index contributed by atoms with van der Waals surface area (Å²) in [5.41, 5.74) is 1.70. The lowest BCUT2D eigenvalue weighted by atomic mass is 10.1. The molecule has 3 aromatic rings. The second kappa shape index (κ2) is 8.89. The van der Waals surface area contributed by atoms with Gasteiger partial charge in [0.25, 0.3) is 5.91 Å². The van der Waals surface area contributed by atoms with E-state index in [1.807, 2.05) is 6.07 Å². The maximum absolute atomic E-state index is 12.7. The minimum Gasteiger partial charge on any atom is -0.322 e. The van der Waals surface area contributed by atoms with E-state index in [1.54, 1.807) is 66.7 Å². The van der Waals surface area contributed by atoms with Gasteiger partial charge in [-0.25, -0.2) is 8.42 Å². The van der Waals surface area contributed by atoms with Crippen LogP contribution in [0.3, 0.4) is 0 Å². The van der Waals surface area contributed by atoms with E-state index >= 15 is 0 Å². The number of carbonyl (C=O) groups is 1. The first-order valence-corrected chi connectivity index (χ1v) is 11.5. The lowest BCUT2D eigenvalue weighted by molar-refractivity contribution is 0.102. The zero-order valence-corrected chi connectivity index (χ0v) is 18.5. The molecule has 0 radical (unpaired) electrons. The van der Waals surface area contributed by atoms with Crippen molar-refractivity contribution in [1.82, 2.24) is 0 Å². The first kappa shape index (κ1) is 20.6. The summed E-state index contributed by atoms with van der Waals surface area (Å²) in [6.45, 7) is 0. The van der Waals surface area contributed by atoms with Gasteiger partial charge in [-0.1, -0.05) is 62.2 Å². The van der Waals surface area contributed by atoms with Gasteiger partial charge < -0.3 is 5.32 Å². The molecule has 0 fully saturated rings. The van der Waals surface area contributed by atoms with Crippen molar-refractivity contribution in [1.29, 1.82) is 0 Å². The highest BCUT2D eigenvalue weighted by Crippen LogP contribution is 2.24. The Hall–Kier alpha value is -2.16. The zero-order chi connectivity index (χ0) is 20.1. The van der Waals surface area contributed by atoms with Crippen LogP contribution < -0.4 is 10.0 Å². The third kappa shape index (κ3) is 5.67. The molecule has 0 saturated heterocycles. The quantitative estimate of drug-likeness (QED) is 0.454. The molecule has 1 amide bonds. The standard InChI is InChI=1S/C20H16Br2N2O3S/c21-15-6-9-17(10-7-15)23-20(25)18-12-16(22)8-11-19(18)24-28(26,27)13-14-4-2-1-3-5-14/h1-12,24H,13H2,(H,23,25). The van der Waals surface area contributed by atoms with E-state index in [-0.39, 0.29) is 17.0 Å². The van der Waals surface area contributed by atoms with E-state index in [2.05, 4.69) is 41.9 Å². The minimum absolute atomic E-state index is 0.183. The molecular formula is C20H16Br2N2O3S. The summed E-state index contributed by atoms with van der Waals surface area (Å²) in [5, 5.41) is 2.77. The molecule has 0 aromatic heterocycles. The van der Waals surface area contributed by atoms with E-state index in [1.165, 1.54) is 0 Å². The van der Waals surface area contributed by atoms with Gasteiger partial charge in [0.15, 0.2) is 0 Å². The molecule has 0 aliphatic carbocycles. The van der Waals surface area contributed by atoms with Gasteiger partial charge in [-0.3, -0.25) is 9.52 Å². The normalized spacial score (nSPS) is 11.1. The van der Waals surface area contributed by atoms with Gasteiger partial charge in [0, 0.05) is 14.6 Å². The third-order valence-corrected chi connectivity index (χ3v) is 6.06. The van der Waals surface area contributed by atoms with Gasteiger partial charge in [-0.15, -0.1) is 0 Å². The summed E-state index contributed by atoms with van der Waals surface area (Å²) in [6.07, 6.45) is 0. The van der Waals surface area contributed by atoms with E-state index in [4.69, 9.17) is 0 Å². The molecule has 0 spiro atoms. The van der Waals surface area contributed by atoms with E-state index < -0.39 is 15.9 Å². The van der Waals surface area contributed by atoms with Crippen LogP contribution in [0.1, 0.15) is 15.9 Å². The molecule has 8 heteroatoms. The van der Waals surface area contributed by atoms with Gasteiger partial charge >= 0.3 is 0 Å². The molecule has 144 valence electrons. The molecule has 0 bridgehead atoms. The molecule has 3 aromatic carbocycles. The van der Waals surface area contributed by atoms with Crippen molar-refractivity contribution in [3.8, 4) is 0 Å². The Balaban J connectivity index is 1.83. The van der Waals surface area contributed by atoms with Crippen molar-refractivity contribution in [3.63, 3.8) is 0 Å². The summed E-state index contributed by atoms with van der Waals surface area (Å²) >= 11 is 6.67. The predicted octanol–water partition coefficient (Wildman–Crippen LogP) is 5.41. The van der Waals surface area contributed by atoms with Gasteiger partial charge in [-0.2, -0.15) is 0 Å². The van der Waals surface area contributed by atoms with Crippen LogP contribution in [0, 0.1) is 0 Å². The van der Waals surface area contributed by atoms with Gasteiger partial charge in [0.05, 0.1) is 17.0 Å². The van der Waals surface area contributed by atoms with Crippen LogP contribution >= 0.6 is 31.9 Å². The fourth-order valence-corrected chi connectivity index (χ4v) is 4.36. The van der Waals surface area contributed by atoms with Crippen molar-refractivity contribution in [2.75, 3.05) is 10.0 Å². The number of hydrogen-bond donors (Lipinski definition) is 2. The highest BCUT2D eigenvalue weighted by atomic mass is 79.9. The number of sulfonamides is 1. The maximum Gasteiger partial charge on any atom is 0.257 e. The SMILES string of the molecule is O=C(Nc1ccc(Br)cc1)c1cc(Br)ccc1NS(=O)(=O)Cc1ccccc1. The minimum atomic E-state index is -3.69. The first-order valence-electron chi connectivity index (χ1n) is 8.23. The number of benzene rings is 3. The average Bonchev–Trinajstić information content (AvgIpc) is 2.65.